The van der Waals surface area contributed by atoms with Crippen LogP contribution in [0, 0.1) is 5.92 Å². The Morgan fingerprint density at radius 1 is 0.537 bits per heavy atom. The number of amides is 13. The Labute approximate surface area is 558 Å². The average Bonchev–Trinajstić information content (AvgIpc) is 1.74. The van der Waals surface area contributed by atoms with E-state index in [9.17, 15) is 62.3 Å². The number of nitrogens with zero attached hydrogens (tertiary/aromatic N) is 3. The van der Waals surface area contributed by atoms with Crippen LogP contribution in [0.25, 0.3) is 0 Å². The number of unbranched alkanes of at least 4 members (excludes halogenated alkanes) is 1. The number of likely N-dealkylation sites (tertiary alicyclic amines) is 2. The fourth-order valence-electron chi connectivity index (χ4n) is 11.0. The third-order valence-electron chi connectivity index (χ3n) is 16.0. The second kappa shape index (κ2) is 41.0. The molecule has 4 rings (SSSR count). The van der Waals surface area contributed by atoms with Gasteiger partial charge in [-0.1, -0.05) is 74.5 Å². The van der Waals surface area contributed by atoms with Crippen molar-refractivity contribution in [2.24, 2.45) is 51.0 Å². The van der Waals surface area contributed by atoms with Crippen LogP contribution in [0.15, 0.2) is 65.7 Å². The molecule has 0 radical (unpaired) electrons. The van der Waals surface area contributed by atoms with E-state index in [-0.39, 0.29) is 83.0 Å². The summed E-state index contributed by atoms with van der Waals surface area (Å²) in [4.78, 5) is 185. The maximum absolute atomic E-state index is 14.7. The third kappa shape index (κ3) is 27.5. The zero-order valence-electron chi connectivity index (χ0n) is 54.5. The minimum absolute atomic E-state index is 0.0736. The normalized spacial score (nSPS) is 16.8. The Balaban J connectivity index is 1.56. The molecule has 524 valence electrons. The smallest absolute Gasteiger partial charge is 0.245 e. The summed E-state index contributed by atoms with van der Waals surface area (Å²) in [5.74, 6) is -9.80. The van der Waals surface area contributed by atoms with E-state index in [0.717, 1.165) is 0 Å². The lowest BCUT2D eigenvalue weighted by atomic mass is 10.0. The van der Waals surface area contributed by atoms with Gasteiger partial charge in [-0.3, -0.25) is 67.3 Å². The molecule has 0 bridgehead atoms. The molecule has 31 nitrogen and oxygen atoms in total. The minimum Gasteiger partial charge on any atom is -0.370 e. The monoisotopic (exact) mass is 1350 g/mol. The highest BCUT2D eigenvalue weighted by molar-refractivity contribution is 7.98. The standard InChI is InChI=1S/C63H98N18O13S/c1-37(2)33-45(57(89)74-41(53(68)85)27-32-95-3)73-52(84)36-72-54(86)46(34-38-15-6-4-7-16-38)78-58(90)47(35-39-17-8-5-9-18-39)79-56(88)42(23-25-50(66)82)75-55(87)43(24-26-51(67)83)76-59(91)49-22-14-31-81(49)62(94)44(20-10-11-28-64)77-60(92)48-21-13-30-80(48)61(93)40(65)19-12-29-71-63(69)70/h4-9,15-18,37,40-49H,10-14,19-36,64-65H2,1-3H3,(H2,66,82)(H2,67,83)(H2,68,85)(H,72,86)(H,73,84)(H,74,89)(H,75,87)(H,76,91)(H,77,92)(H,78,90)(H,79,88)(H4,69,70,71)/t40-,41-,42+,43+,44-,45-,46-,47+,48+,49+/m0/s1. The number of thioether (sulfide) groups is 1. The molecular weight excluding hydrogens is 1250 g/mol. The van der Waals surface area contributed by atoms with Crippen LogP contribution < -0.4 is 82.7 Å². The first kappa shape index (κ1) is 78.5. The molecule has 0 saturated carbocycles. The van der Waals surface area contributed by atoms with Gasteiger partial charge in [-0.25, -0.2) is 0 Å². The van der Waals surface area contributed by atoms with Gasteiger partial charge in [0.2, 0.25) is 76.8 Å². The van der Waals surface area contributed by atoms with Crippen molar-refractivity contribution in [2.75, 3.05) is 44.7 Å². The Morgan fingerprint density at radius 3 is 1.51 bits per heavy atom. The van der Waals surface area contributed by atoms with Crippen molar-refractivity contribution >= 4 is 94.5 Å². The van der Waals surface area contributed by atoms with E-state index in [0.29, 0.717) is 55.4 Å². The van der Waals surface area contributed by atoms with Gasteiger partial charge in [0.15, 0.2) is 5.96 Å². The first-order chi connectivity index (χ1) is 45.2. The molecule has 2 aliphatic heterocycles. The molecule has 0 unspecified atom stereocenters. The lowest BCUT2D eigenvalue weighted by Crippen LogP contribution is -2.60. The average molecular weight is 1350 g/mol. The van der Waals surface area contributed by atoms with E-state index in [4.69, 9.17) is 40.1 Å². The second-order valence-electron chi connectivity index (χ2n) is 24.1. The van der Waals surface area contributed by atoms with Crippen molar-refractivity contribution in [1.29, 1.82) is 0 Å². The largest absolute Gasteiger partial charge is 0.370 e. The molecule has 32 heteroatoms. The number of benzene rings is 2. The Hall–Kier alpha value is -8.91. The van der Waals surface area contributed by atoms with Gasteiger partial charge < -0.3 is 92.5 Å². The van der Waals surface area contributed by atoms with E-state index < -0.39 is 169 Å². The fraction of sp³-hybridized carbons (Fsp3) is 0.587. The zero-order chi connectivity index (χ0) is 70.1. The molecule has 2 aliphatic rings. The first-order valence-corrected chi connectivity index (χ1v) is 33.6. The van der Waals surface area contributed by atoms with E-state index in [2.05, 4.69) is 47.5 Å². The molecule has 0 spiro atoms. The van der Waals surface area contributed by atoms with Crippen LogP contribution in [-0.2, 0) is 75.2 Å². The SMILES string of the molecule is CSCC[C@H](NC(=O)[C@H](CC(C)C)NC(=O)CNC(=O)[C@H](Cc1ccccc1)NC(=O)[C@@H](Cc1ccccc1)NC(=O)[C@@H](CCC(N)=O)NC(=O)[C@@H](CCC(N)=O)NC(=O)[C@H]1CCCN1C(=O)[C@H](CCCCN)NC(=O)[C@H]1CCCN1C(=O)[C@@H](N)CCCN=C(N)N)C(N)=O. The number of hydrogen-bond acceptors (Lipinski definition) is 17. The number of guanidine groups is 1. The molecule has 10 atom stereocenters. The van der Waals surface area contributed by atoms with Crippen LogP contribution in [0.5, 0.6) is 0 Å². The Kier molecular flexibility index (Phi) is 33.9. The number of hydrogen-bond donors (Lipinski definition) is 15. The number of nitrogens with one attached hydrogen (secondary N) is 8. The van der Waals surface area contributed by atoms with E-state index in [1.165, 1.54) is 21.6 Å². The maximum atomic E-state index is 14.7. The summed E-state index contributed by atoms with van der Waals surface area (Å²) in [6.45, 7) is 3.86. The van der Waals surface area contributed by atoms with Gasteiger partial charge in [-0.2, -0.15) is 11.8 Å². The van der Waals surface area contributed by atoms with Gasteiger partial charge in [-0.15, -0.1) is 0 Å². The lowest BCUT2D eigenvalue weighted by molar-refractivity contribution is -0.144. The molecule has 2 heterocycles. The number of carbonyl (C=O) groups excluding carboxylic acids is 13. The molecule has 0 aliphatic carbocycles. The van der Waals surface area contributed by atoms with Gasteiger partial charge in [-0.05, 0) is 119 Å². The maximum Gasteiger partial charge on any atom is 0.245 e. The summed E-state index contributed by atoms with van der Waals surface area (Å²) >= 11 is 1.45. The van der Waals surface area contributed by atoms with E-state index in [1.807, 2.05) is 20.1 Å². The molecule has 13 amide bonds. The second-order valence-corrected chi connectivity index (χ2v) is 25.1. The Bertz CT molecular complexity index is 2960. The van der Waals surface area contributed by atoms with Crippen molar-refractivity contribution < 1.29 is 62.3 Å². The highest BCUT2D eigenvalue weighted by Gasteiger charge is 2.42. The summed E-state index contributed by atoms with van der Waals surface area (Å²) in [6.07, 6.45) is 3.12. The first-order valence-electron chi connectivity index (χ1n) is 32.2. The van der Waals surface area contributed by atoms with Crippen molar-refractivity contribution in [3.8, 4) is 0 Å². The predicted molar refractivity (Wildman–Crippen MR) is 356 cm³/mol. The summed E-state index contributed by atoms with van der Waals surface area (Å²) in [6, 6.07) is 4.51. The van der Waals surface area contributed by atoms with Gasteiger partial charge >= 0.3 is 0 Å². The summed E-state index contributed by atoms with van der Waals surface area (Å²) < 4.78 is 0. The fourth-order valence-corrected chi connectivity index (χ4v) is 11.5. The van der Waals surface area contributed by atoms with Crippen LogP contribution in [0.3, 0.4) is 0 Å². The zero-order valence-corrected chi connectivity index (χ0v) is 55.3. The number of rotatable bonds is 42. The molecule has 2 aromatic carbocycles. The van der Waals surface area contributed by atoms with Gasteiger partial charge in [0.1, 0.15) is 54.4 Å². The summed E-state index contributed by atoms with van der Waals surface area (Å²) in [5, 5.41) is 21.1. The number of carbonyl (C=O) groups is 13. The number of nitrogens with two attached hydrogens (primary N) is 7. The van der Waals surface area contributed by atoms with Gasteiger partial charge in [0.05, 0.1) is 12.6 Å². The molecular formula is C63H98N18O13S. The molecule has 2 fully saturated rings. The highest BCUT2D eigenvalue weighted by atomic mass is 32.2. The van der Waals surface area contributed by atoms with Crippen LogP contribution >= 0.6 is 11.8 Å². The van der Waals surface area contributed by atoms with E-state index in [1.54, 1.807) is 60.7 Å². The molecule has 0 aromatic heterocycles. The number of primary amides is 3. The highest BCUT2D eigenvalue weighted by Crippen LogP contribution is 2.24. The van der Waals surface area contributed by atoms with Crippen molar-refractivity contribution in [1.82, 2.24) is 52.3 Å². The van der Waals surface area contributed by atoms with Gasteiger partial charge in [0, 0.05) is 45.3 Å². The van der Waals surface area contributed by atoms with E-state index >= 15 is 0 Å². The molecule has 2 aromatic rings. The van der Waals surface area contributed by atoms with Crippen molar-refractivity contribution in [3.05, 3.63) is 71.8 Å². The molecule has 2 saturated heterocycles. The number of aliphatic imine (C=N–C) groups is 1. The Morgan fingerprint density at radius 2 is 1.01 bits per heavy atom. The van der Waals surface area contributed by atoms with Crippen LogP contribution in [0.2, 0.25) is 0 Å². The van der Waals surface area contributed by atoms with Crippen molar-refractivity contribution in [2.45, 2.75) is 183 Å². The summed E-state index contributed by atoms with van der Waals surface area (Å²) in [7, 11) is 0. The minimum atomic E-state index is -1.64. The van der Waals surface area contributed by atoms with Crippen LogP contribution in [0.4, 0.5) is 0 Å². The molecule has 22 N–H and O–H groups in total. The van der Waals surface area contributed by atoms with Crippen LogP contribution in [0.1, 0.15) is 121 Å². The van der Waals surface area contributed by atoms with Crippen LogP contribution in [-0.4, -0.2) is 198 Å². The lowest BCUT2D eigenvalue weighted by Gasteiger charge is -2.32. The quantitative estimate of drug-likeness (QED) is 0.0173. The molecule has 95 heavy (non-hydrogen) atoms. The van der Waals surface area contributed by atoms with Gasteiger partial charge in [0.25, 0.3) is 0 Å². The third-order valence-corrected chi connectivity index (χ3v) is 16.7. The van der Waals surface area contributed by atoms with Crippen molar-refractivity contribution in [3.63, 3.8) is 0 Å². The topological polar surface area (TPSA) is 519 Å². The summed E-state index contributed by atoms with van der Waals surface area (Å²) in [5.41, 5.74) is 40.6. The predicted octanol–water partition coefficient (Wildman–Crippen LogP) is -3.71.